The van der Waals surface area contributed by atoms with Gasteiger partial charge in [-0.05, 0) is 99.7 Å². The third-order valence-electron chi connectivity index (χ3n) is 9.77. The van der Waals surface area contributed by atoms with Crippen molar-refractivity contribution in [1.29, 1.82) is 0 Å². The van der Waals surface area contributed by atoms with Gasteiger partial charge in [0, 0.05) is 29.3 Å². The summed E-state index contributed by atoms with van der Waals surface area (Å²) in [5, 5.41) is 0. The van der Waals surface area contributed by atoms with Crippen LogP contribution in [0, 0.1) is 25.7 Å². The maximum atomic E-state index is 14.6. The molecule has 0 unspecified atom stereocenters. The van der Waals surface area contributed by atoms with Gasteiger partial charge in [-0.2, -0.15) is 4.98 Å². The van der Waals surface area contributed by atoms with Crippen LogP contribution in [0.5, 0.6) is 5.88 Å². The third-order valence-corrected chi connectivity index (χ3v) is 11.1. The van der Waals surface area contributed by atoms with Crippen LogP contribution in [0.1, 0.15) is 86.6 Å². The molecule has 1 saturated heterocycles. The maximum Gasteiger partial charge on any atom is 0.264 e. The van der Waals surface area contributed by atoms with Gasteiger partial charge in [0.15, 0.2) is 0 Å². The van der Waals surface area contributed by atoms with Gasteiger partial charge < -0.3 is 14.5 Å². The molecular formula is C40H50N6O4S. The van der Waals surface area contributed by atoms with E-state index in [9.17, 15) is 13.2 Å². The van der Waals surface area contributed by atoms with Crippen molar-refractivity contribution in [2.45, 2.75) is 97.7 Å². The molecule has 270 valence electrons. The fraction of sp³-hybridized carbons (Fsp3) is 0.450. The van der Waals surface area contributed by atoms with Gasteiger partial charge >= 0.3 is 0 Å². The Morgan fingerprint density at radius 3 is 2.45 bits per heavy atom. The van der Waals surface area contributed by atoms with Crippen LogP contribution in [-0.2, 0) is 23.0 Å². The van der Waals surface area contributed by atoms with Gasteiger partial charge in [0.25, 0.3) is 15.9 Å². The minimum absolute atomic E-state index is 0.0549. The molecule has 11 heteroatoms. The van der Waals surface area contributed by atoms with E-state index in [0.717, 1.165) is 54.0 Å². The predicted molar refractivity (Wildman–Crippen MR) is 202 cm³/mol. The molecule has 4 bridgehead atoms. The zero-order valence-electron chi connectivity index (χ0n) is 30.8. The van der Waals surface area contributed by atoms with Crippen molar-refractivity contribution in [2.24, 2.45) is 11.8 Å². The second-order valence-corrected chi connectivity index (χ2v) is 16.5. The Labute approximate surface area is 302 Å². The first kappa shape index (κ1) is 36.3. The van der Waals surface area contributed by atoms with Crippen molar-refractivity contribution < 1.29 is 17.9 Å². The van der Waals surface area contributed by atoms with Gasteiger partial charge in [0.1, 0.15) is 12.4 Å². The molecule has 1 N–H and O–H groups in total. The van der Waals surface area contributed by atoms with E-state index in [1.54, 1.807) is 17.0 Å². The van der Waals surface area contributed by atoms with E-state index in [0.29, 0.717) is 29.6 Å². The minimum atomic E-state index is -4.18. The van der Waals surface area contributed by atoms with Crippen LogP contribution in [-0.4, -0.2) is 59.4 Å². The van der Waals surface area contributed by atoms with E-state index >= 15 is 0 Å². The molecule has 6 rings (SSSR count). The summed E-state index contributed by atoms with van der Waals surface area (Å²) >= 11 is 0. The summed E-state index contributed by atoms with van der Waals surface area (Å²) < 4.78 is 37.0. The molecule has 2 aromatic heterocycles. The average Bonchev–Trinajstić information content (AvgIpc) is 3.52. The van der Waals surface area contributed by atoms with Crippen LogP contribution in [0.4, 0.5) is 11.8 Å². The molecule has 0 radical (unpaired) electrons. The van der Waals surface area contributed by atoms with E-state index in [1.165, 1.54) is 12.1 Å². The van der Waals surface area contributed by atoms with Crippen LogP contribution in [0.15, 0.2) is 65.6 Å². The van der Waals surface area contributed by atoms with E-state index in [-0.39, 0.29) is 53.3 Å². The lowest BCUT2D eigenvalue weighted by Crippen LogP contribution is -2.44. The average molecular weight is 711 g/mol. The van der Waals surface area contributed by atoms with Crippen molar-refractivity contribution in [3.05, 3.63) is 88.6 Å². The number of amides is 1. The van der Waals surface area contributed by atoms with Gasteiger partial charge in [0.05, 0.1) is 28.9 Å². The fourth-order valence-electron chi connectivity index (χ4n) is 7.28. The smallest absolute Gasteiger partial charge is 0.264 e. The number of carbonyl (C=O) groups is 1. The number of pyridine rings is 1. The van der Waals surface area contributed by atoms with Crippen LogP contribution in [0.25, 0.3) is 11.3 Å². The molecule has 2 aromatic carbocycles. The van der Waals surface area contributed by atoms with Gasteiger partial charge in [-0.25, -0.2) is 23.1 Å². The number of aromatic nitrogens is 3. The number of fused-ring (bicyclic) bond motifs is 4. The van der Waals surface area contributed by atoms with Crippen molar-refractivity contribution in [1.82, 2.24) is 19.9 Å². The largest absolute Gasteiger partial charge is 0.475 e. The summed E-state index contributed by atoms with van der Waals surface area (Å²) in [6, 6.07) is 18.3. The number of aryl methyl sites for hydroxylation is 1. The normalized spacial score (nSPS) is 19.0. The van der Waals surface area contributed by atoms with Crippen LogP contribution in [0.2, 0.25) is 0 Å². The first-order valence-corrected chi connectivity index (χ1v) is 19.6. The van der Waals surface area contributed by atoms with Crippen molar-refractivity contribution >= 4 is 27.7 Å². The Morgan fingerprint density at radius 1 is 0.961 bits per heavy atom. The number of nitrogens with zero attached hydrogens (tertiary/aromatic N) is 5. The molecular weight excluding hydrogens is 661 g/mol. The van der Waals surface area contributed by atoms with E-state index in [2.05, 4.69) is 55.3 Å². The van der Waals surface area contributed by atoms with Crippen LogP contribution in [0.3, 0.4) is 0 Å². The van der Waals surface area contributed by atoms with Crippen LogP contribution < -0.4 is 14.4 Å². The Kier molecular flexibility index (Phi) is 10.7. The Hall–Kier alpha value is -4.51. The quantitative estimate of drug-likeness (QED) is 0.199. The van der Waals surface area contributed by atoms with E-state index in [4.69, 9.17) is 14.7 Å². The number of hydrogen-bond acceptors (Lipinski definition) is 8. The molecule has 2 atom stereocenters. The third kappa shape index (κ3) is 8.03. The number of nitrogens with one attached hydrogen (secondary N) is 1. The highest BCUT2D eigenvalue weighted by Crippen LogP contribution is 2.35. The van der Waals surface area contributed by atoms with Crippen LogP contribution >= 0.6 is 0 Å². The van der Waals surface area contributed by atoms with Gasteiger partial charge in [-0.1, -0.05) is 58.0 Å². The van der Waals surface area contributed by atoms with E-state index < -0.39 is 10.0 Å². The molecule has 4 aromatic rings. The van der Waals surface area contributed by atoms with Gasteiger partial charge in [0.2, 0.25) is 11.8 Å². The van der Waals surface area contributed by atoms with Crippen molar-refractivity contribution in [3.63, 3.8) is 0 Å². The highest BCUT2D eigenvalue weighted by molar-refractivity contribution is 7.92. The summed E-state index contributed by atoms with van der Waals surface area (Å²) in [6.07, 6.45) is 3.70. The summed E-state index contributed by atoms with van der Waals surface area (Å²) in [4.78, 5) is 33.1. The zero-order valence-corrected chi connectivity index (χ0v) is 31.6. The molecule has 51 heavy (non-hydrogen) atoms. The molecule has 0 saturated carbocycles. The fourth-order valence-corrected chi connectivity index (χ4v) is 8.27. The van der Waals surface area contributed by atoms with Crippen molar-refractivity contribution in [2.75, 3.05) is 22.8 Å². The summed E-state index contributed by atoms with van der Waals surface area (Å²) in [5.74, 6) is 1.41. The number of benzene rings is 2. The van der Waals surface area contributed by atoms with Gasteiger partial charge in [-0.3, -0.25) is 4.79 Å². The topological polar surface area (TPSA) is 118 Å². The number of carbonyl (C=O) groups excluding carboxylic acids is 1. The SMILES string of the molecule is Cc1cccc(CC(C)C)c1-c1nc2nc(c1C)OC[C@@H](CC(C)C)N(Cc1cccc(N3CCC[C@H]3C)n1)C(=O)c1cccc(c1)S(=O)(=O)N2. The molecule has 0 spiro atoms. The van der Waals surface area contributed by atoms with E-state index in [1.807, 2.05) is 44.2 Å². The second kappa shape index (κ2) is 15.0. The zero-order chi connectivity index (χ0) is 36.4. The number of rotatable bonds is 8. The first-order valence-electron chi connectivity index (χ1n) is 18.1. The Balaban J connectivity index is 1.48. The Bertz CT molecular complexity index is 2010. The summed E-state index contributed by atoms with van der Waals surface area (Å²) in [6.45, 7) is 16.1. The summed E-state index contributed by atoms with van der Waals surface area (Å²) in [7, 11) is -4.18. The maximum absolute atomic E-state index is 14.6. The van der Waals surface area contributed by atoms with Gasteiger partial charge in [-0.15, -0.1) is 0 Å². The minimum Gasteiger partial charge on any atom is -0.475 e. The van der Waals surface area contributed by atoms with Crippen molar-refractivity contribution in [3.8, 4) is 17.1 Å². The molecule has 2 aliphatic heterocycles. The number of ether oxygens (including phenoxy) is 1. The number of hydrogen-bond donors (Lipinski definition) is 1. The lowest BCUT2D eigenvalue weighted by Gasteiger charge is -2.33. The lowest BCUT2D eigenvalue weighted by molar-refractivity contribution is 0.0549. The molecule has 1 fully saturated rings. The lowest BCUT2D eigenvalue weighted by atomic mass is 9.91. The Morgan fingerprint density at radius 2 is 1.73 bits per heavy atom. The molecule has 2 aliphatic rings. The monoisotopic (exact) mass is 710 g/mol. The molecule has 10 nitrogen and oxygen atoms in total. The standard InChI is InChI=1S/C40H50N6O4S/c1-25(2)20-30-14-8-12-27(5)36(30)37-29(7)38-43-40(42-37)44-51(48,49)34-17-9-15-31(22-34)39(47)46(33(24-50-38)21-26(3)4)23-32-16-10-18-35(41-32)45-19-11-13-28(45)6/h8-10,12,14-18,22,25-26,28,33H,11,13,19-21,23-24H2,1-7H3,(H,42,43,44)/t28-,33-/m1/s1. The number of anilines is 2. The molecule has 0 aliphatic carbocycles. The molecule has 4 heterocycles. The first-order chi connectivity index (χ1) is 24.3. The highest BCUT2D eigenvalue weighted by Gasteiger charge is 2.31. The summed E-state index contributed by atoms with van der Waals surface area (Å²) in [5.41, 5.74) is 5.40. The predicted octanol–water partition coefficient (Wildman–Crippen LogP) is 7.59. The highest BCUT2D eigenvalue weighted by atomic mass is 32.2. The molecule has 1 amide bonds. The second-order valence-electron chi connectivity index (χ2n) is 14.9. The number of sulfonamides is 1.